The van der Waals surface area contributed by atoms with Gasteiger partial charge in [0.1, 0.15) is 5.01 Å². The third-order valence-electron chi connectivity index (χ3n) is 0.617. The van der Waals surface area contributed by atoms with Crippen LogP contribution in [0.3, 0.4) is 0 Å². The number of hydrogen-bond acceptors (Lipinski definition) is 4. The molecular weight excluding hydrogens is 225 g/mol. The zero-order valence-electron chi connectivity index (χ0n) is 4.37. The highest BCUT2D eigenvalue weighted by molar-refractivity contribution is 9.11. The predicted octanol–water partition coefficient (Wildman–Crippen LogP) is 1.18. The number of rotatable bonds is 1. The van der Waals surface area contributed by atoms with Crippen molar-refractivity contribution in [2.24, 2.45) is 5.73 Å². The summed E-state index contributed by atoms with van der Waals surface area (Å²) in [5.41, 5.74) is 5.25. The maximum Gasteiger partial charge on any atom is 0.183 e. The van der Waals surface area contributed by atoms with E-state index in [-0.39, 0.29) is 12.4 Å². The molecular formula is C3H5BrClN3S. The fraction of sp³-hybridized carbons (Fsp3) is 0.333. The summed E-state index contributed by atoms with van der Waals surface area (Å²) < 4.78 is 0.790. The fourth-order valence-corrected chi connectivity index (χ4v) is 1.40. The monoisotopic (exact) mass is 229 g/mol. The van der Waals surface area contributed by atoms with Gasteiger partial charge < -0.3 is 5.73 Å². The van der Waals surface area contributed by atoms with Crippen LogP contribution in [0.5, 0.6) is 0 Å². The first-order chi connectivity index (χ1) is 3.83. The summed E-state index contributed by atoms with van der Waals surface area (Å²) >= 11 is 4.62. The van der Waals surface area contributed by atoms with Gasteiger partial charge in [-0.2, -0.15) is 0 Å². The van der Waals surface area contributed by atoms with Crippen LogP contribution < -0.4 is 5.73 Å². The molecule has 0 aliphatic heterocycles. The van der Waals surface area contributed by atoms with Gasteiger partial charge in [-0.25, -0.2) is 0 Å². The highest BCUT2D eigenvalue weighted by Crippen LogP contribution is 2.14. The van der Waals surface area contributed by atoms with Gasteiger partial charge in [0, 0.05) is 6.54 Å². The molecule has 1 aromatic heterocycles. The van der Waals surface area contributed by atoms with Crippen LogP contribution in [0.2, 0.25) is 0 Å². The van der Waals surface area contributed by atoms with E-state index in [1.165, 1.54) is 11.3 Å². The molecule has 0 saturated carbocycles. The van der Waals surface area contributed by atoms with Crippen LogP contribution in [0.15, 0.2) is 3.92 Å². The molecule has 0 unspecified atom stereocenters. The first-order valence-electron chi connectivity index (χ1n) is 2.01. The van der Waals surface area contributed by atoms with Crippen LogP contribution in [0.25, 0.3) is 0 Å². The van der Waals surface area contributed by atoms with Crippen molar-refractivity contribution >= 4 is 39.7 Å². The topological polar surface area (TPSA) is 51.8 Å². The lowest BCUT2D eigenvalue weighted by Crippen LogP contribution is -1.94. The lowest BCUT2D eigenvalue weighted by Gasteiger charge is -1.76. The molecule has 6 heteroatoms. The number of nitrogens with zero attached hydrogens (tertiary/aromatic N) is 2. The lowest BCUT2D eigenvalue weighted by molar-refractivity contribution is 0.951. The van der Waals surface area contributed by atoms with E-state index in [1.54, 1.807) is 0 Å². The van der Waals surface area contributed by atoms with E-state index in [2.05, 4.69) is 26.1 Å². The van der Waals surface area contributed by atoms with Crippen LogP contribution >= 0.6 is 39.7 Å². The van der Waals surface area contributed by atoms with E-state index in [0.717, 1.165) is 8.92 Å². The molecule has 0 atom stereocenters. The van der Waals surface area contributed by atoms with Gasteiger partial charge in [-0.1, -0.05) is 11.3 Å². The molecule has 0 aromatic carbocycles. The minimum atomic E-state index is 0. The maximum atomic E-state index is 5.25. The van der Waals surface area contributed by atoms with Gasteiger partial charge in [0.15, 0.2) is 3.92 Å². The van der Waals surface area contributed by atoms with Gasteiger partial charge in [-0.05, 0) is 15.9 Å². The molecule has 52 valence electrons. The van der Waals surface area contributed by atoms with Crippen LogP contribution in [-0.4, -0.2) is 10.2 Å². The van der Waals surface area contributed by atoms with Crippen molar-refractivity contribution < 1.29 is 0 Å². The largest absolute Gasteiger partial charge is 0.324 e. The highest BCUT2D eigenvalue weighted by atomic mass is 79.9. The van der Waals surface area contributed by atoms with Gasteiger partial charge in [0.25, 0.3) is 0 Å². The lowest BCUT2D eigenvalue weighted by atomic mass is 10.7. The third-order valence-corrected chi connectivity index (χ3v) is 2.00. The summed E-state index contributed by atoms with van der Waals surface area (Å²) in [6.45, 7) is 0.475. The predicted molar refractivity (Wildman–Crippen MR) is 42.7 cm³/mol. The summed E-state index contributed by atoms with van der Waals surface area (Å²) in [4.78, 5) is 0. The smallest absolute Gasteiger partial charge is 0.183 e. The second-order valence-corrected chi connectivity index (χ2v) is 3.49. The summed E-state index contributed by atoms with van der Waals surface area (Å²) in [5.74, 6) is 0. The van der Waals surface area contributed by atoms with Gasteiger partial charge in [-0.3, -0.25) is 0 Å². The second kappa shape index (κ2) is 4.16. The number of hydrogen-bond donors (Lipinski definition) is 1. The summed E-state index contributed by atoms with van der Waals surface area (Å²) in [7, 11) is 0. The Bertz CT molecular complexity index is 179. The molecule has 9 heavy (non-hydrogen) atoms. The maximum absolute atomic E-state index is 5.25. The highest BCUT2D eigenvalue weighted by Gasteiger charge is 1.95. The van der Waals surface area contributed by atoms with Crippen molar-refractivity contribution in [3.05, 3.63) is 8.92 Å². The molecule has 1 aromatic rings. The van der Waals surface area contributed by atoms with E-state index in [9.17, 15) is 0 Å². The Kier molecular flexibility index (Phi) is 4.29. The SMILES string of the molecule is Cl.NCc1nnc(Br)s1. The Labute approximate surface area is 71.2 Å². The molecule has 0 amide bonds. The van der Waals surface area contributed by atoms with Gasteiger partial charge in [0.2, 0.25) is 0 Å². The van der Waals surface area contributed by atoms with Crippen molar-refractivity contribution in [3.8, 4) is 0 Å². The minimum absolute atomic E-state index is 0. The van der Waals surface area contributed by atoms with Crippen molar-refractivity contribution in [1.29, 1.82) is 0 Å². The Hall–Kier alpha value is 0.290. The first kappa shape index (κ1) is 9.29. The molecule has 1 heterocycles. The number of aromatic nitrogens is 2. The molecule has 0 fully saturated rings. The van der Waals surface area contributed by atoms with Crippen LogP contribution in [0, 0.1) is 0 Å². The van der Waals surface area contributed by atoms with Crippen LogP contribution in [0.1, 0.15) is 5.01 Å². The van der Waals surface area contributed by atoms with Crippen LogP contribution in [-0.2, 0) is 6.54 Å². The van der Waals surface area contributed by atoms with Gasteiger partial charge in [0.05, 0.1) is 0 Å². The zero-order valence-corrected chi connectivity index (χ0v) is 7.59. The molecule has 2 N–H and O–H groups in total. The fourth-order valence-electron chi connectivity index (χ4n) is 0.316. The Morgan fingerprint density at radius 3 is 2.44 bits per heavy atom. The molecule has 1 rings (SSSR count). The Balaban J connectivity index is 0.000000640. The van der Waals surface area contributed by atoms with E-state index in [0.29, 0.717) is 6.54 Å². The molecule has 0 spiro atoms. The normalized spacial score (nSPS) is 8.67. The van der Waals surface area contributed by atoms with Crippen molar-refractivity contribution in [1.82, 2.24) is 10.2 Å². The van der Waals surface area contributed by atoms with E-state index >= 15 is 0 Å². The van der Waals surface area contributed by atoms with Gasteiger partial charge in [-0.15, -0.1) is 22.6 Å². The molecule has 0 saturated heterocycles. The average molecular weight is 231 g/mol. The average Bonchev–Trinajstić information content (AvgIpc) is 2.14. The summed E-state index contributed by atoms with van der Waals surface area (Å²) in [6.07, 6.45) is 0. The van der Waals surface area contributed by atoms with E-state index in [4.69, 9.17) is 5.73 Å². The standard InChI is InChI=1S/C3H4BrN3S.ClH/c4-3-7-6-2(1-5)8-3;/h1,5H2;1H. The van der Waals surface area contributed by atoms with Gasteiger partial charge >= 0.3 is 0 Å². The van der Waals surface area contributed by atoms with Crippen molar-refractivity contribution in [2.45, 2.75) is 6.54 Å². The number of nitrogens with two attached hydrogens (primary N) is 1. The molecule has 0 aliphatic rings. The van der Waals surface area contributed by atoms with Crippen molar-refractivity contribution in [2.75, 3.05) is 0 Å². The van der Waals surface area contributed by atoms with E-state index < -0.39 is 0 Å². The van der Waals surface area contributed by atoms with E-state index in [1.807, 2.05) is 0 Å². The Morgan fingerprint density at radius 2 is 2.22 bits per heavy atom. The quantitative estimate of drug-likeness (QED) is 0.788. The molecule has 0 radical (unpaired) electrons. The summed E-state index contributed by atoms with van der Waals surface area (Å²) in [5, 5.41) is 8.28. The zero-order chi connectivity index (χ0) is 5.98. The minimum Gasteiger partial charge on any atom is -0.324 e. The van der Waals surface area contributed by atoms with Crippen LogP contribution in [0.4, 0.5) is 0 Å². The molecule has 3 nitrogen and oxygen atoms in total. The second-order valence-electron chi connectivity index (χ2n) is 1.15. The Morgan fingerprint density at radius 1 is 1.56 bits per heavy atom. The first-order valence-corrected chi connectivity index (χ1v) is 3.62. The molecule has 0 bridgehead atoms. The van der Waals surface area contributed by atoms with Crippen molar-refractivity contribution in [3.63, 3.8) is 0 Å². The third kappa shape index (κ3) is 2.57. The molecule has 0 aliphatic carbocycles. The summed E-state index contributed by atoms with van der Waals surface area (Å²) in [6, 6.07) is 0. The number of halogens is 2.